The third-order valence-corrected chi connectivity index (χ3v) is 4.04. The lowest BCUT2D eigenvalue weighted by Crippen LogP contribution is -2.40. The number of benzene rings is 1. The third kappa shape index (κ3) is 5.81. The molecule has 1 amide bonds. The molecule has 1 aliphatic heterocycles. The molecule has 1 heterocycles. The molecule has 1 atom stereocenters. The fraction of sp³-hybridized carbons (Fsp3) is 0.526. The Labute approximate surface area is 139 Å². The first-order chi connectivity index (χ1) is 11.1. The molecule has 23 heavy (non-hydrogen) atoms. The minimum absolute atomic E-state index is 0.0132. The molecule has 4 heteroatoms. The molecule has 2 rings (SSSR count). The zero-order chi connectivity index (χ0) is 16.7. The van der Waals surface area contributed by atoms with Gasteiger partial charge in [0.25, 0.3) is 0 Å². The number of ether oxygens (including phenoxy) is 1. The number of carbonyl (C=O) groups is 1. The van der Waals surface area contributed by atoms with E-state index in [4.69, 9.17) is 4.74 Å². The highest BCUT2D eigenvalue weighted by molar-refractivity contribution is 5.92. The molecule has 0 saturated carbocycles. The first-order valence-corrected chi connectivity index (χ1v) is 8.45. The summed E-state index contributed by atoms with van der Waals surface area (Å²) in [5, 5.41) is 2.98. The van der Waals surface area contributed by atoms with E-state index in [9.17, 15) is 4.79 Å². The van der Waals surface area contributed by atoms with Gasteiger partial charge in [-0.05, 0) is 31.4 Å². The van der Waals surface area contributed by atoms with Crippen LogP contribution in [0.5, 0.6) is 0 Å². The van der Waals surface area contributed by atoms with Gasteiger partial charge in [-0.1, -0.05) is 37.3 Å². The molecule has 1 aromatic rings. The largest absolute Gasteiger partial charge is 0.376 e. The molecule has 1 aromatic carbocycles. The van der Waals surface area contributed by atoms with Crippen LogP contribution in [-0.2, 0) is 22.6 Å². The normalized spacial score (nSPS) is 19.6. The molecular formula is C19H28N2O2. The molecule has 1 N–H and O–H groups in total. The average molecular weight is 316 g/mol. The van der Waals surface area contributed by atoms with E-state index in [-0.39, 0.29) is 5.91 Å². The molecule has 0 spiro atoms. The van der Waals surface area contributed by atoms with Gasteiger partial charge in [0.15, 0.2) is 0 Å². The van der Waals surface area contributed by atoms with Gasteiger partial charge >= 0.3 is 0 Å². The molecule has 1 saturated heterocycles. The van der Waals surface area contributed by atoms with Gasteiger partial charge < -0.3 is 10.1 Å². The molecule has 4 nitrogen and oxygen atoms in total. The Kier molecular flexibility index (Phi) is 6.81. The Balaban J connectivity index is 1.89. The quantitative estimate of drug-likeness (QED) is 0.821. The van der Waals surface area contributed by atoms with Crippen molar-refractivity contribution in [2.24, 2.45) is 0 Å². The topological polar surface area (TPSA) is 41.6 Å². The molecule has 0 aromatic heterocycles. The Morgan fingerprint density at radius 2 is 2.22 bits per heavy atom. The lowest BCUT2D eigenvalue weighted by atomic mass is 10.1. The number of nitrogens with zero attached hydrogens (tertiary/aromatic N) is 1. The van der Waals surface area contributed by atoms with Gasteiger partial charge in [0, 0.05) is 31.8 Å². The first kappa shape index (κ1) is 17.7. The number of nitrogens with one attached hydrogen (secondary N) is 1. The molecule has 1 fully saturated rings. The second-order valence-corrected chi connectivity index (χ2v) is 6.21. The van der Waals surface area contributed by atoms with E-state index in [0.29, 0.717) is 12.6 Å². The SMILES string of the molecule is CCC=C(C)C(=O)NCc1cccc(CN2CCOC(C)C2)c1. The summed E-state index contributed by atoms with van der Waals surface area (Å²) in [6.45, 7) is 10.3. The zero-order valence-corrected chi connectivity index (χ0v) is 14.5. The van der Waals surface area contributed by atoms with Gasteiger partial charge in [-0.15, -0.1) is 0 Å². The van der Waals surface area contributed by atoms with Crippen LogP contribution in [0.25, 0.3) is 0 Å². The highest BCUT2D eigenvalue weighted by Gasteiger charge is 2.16. The summed E-state index contributed by atoms with van der Waals surface area (Å²) < 4.78 is 5.58. The highest BCUT2D eigenvalue weighted by Crippen LogP contribution is 2.12. The van der Waals surface area contributed by atoms with Crippen LogP contribution in [0.4, 0.5) is 0 Å². The van der Waals surface area contributed by atoms with E-state index in [1.165, 1.54) is 5.56 Å². The summed E-state index contributed by atoms with van der Waals surface area (Å²) in [4.78, 5) is 14.4. The Bertz CT molecular complexity index is 554. The van der Waals surface area contributed by atoms with Crippen molar-refractivity contribution in [2.75, 3.05) is 19.7 Å². The molecule has 0 bridgehead atoms. The van der Waals surface area contributed by atoms with Crippen molar-refractivity contribution < 1.29 is 9.53 Å². The monoisotopic (exact) mass is 316 g/mol. The number of amides is 1. The summed E-state index contributed by atoms with van der Waals surface area (Å²) in [5.41, 5.74) is 3.21. The minimum atomic E-state index is 0.0132. The Morgan fingerprint density at radius 1 is 1.43 bits per heavy atom. The zero-order valence-electron chi connectivity index (χ0n) is 14.5. The third-order valence-electron chi connectivity index (χ3n) is 4.04. The second-order valence-electron chi connectivity index (χ2n) is 6.21. The summed E-state index contributed by atoms with van der Waals surface area (Å²) in [7, 11) is 0. The second kappa shape index (κ2) is 8.85. The number of hydrogen-bond acceptors (Lipinski definition) is 3. The fourth-order valence-corrected chi connectivity index (χ4v) is 2.85. The molecule has 1 unspecified atom stereocenters. The fourth-order valence-electron chi connectivity index (χ4n) is 2.85. The van der Waals surface area contributed by atoms with E-state index >= 15 is 0 Å². The summed E-state index contributed by atoms with van der Waals surface area (Å²) in [6, 6.07) is 8.45. The van der Waals surface area contributed by atoms with Crippen molar-refractivity contribution in [3.8, 4) is 0 Å². The van der Waals surface area contributed by atoms with Gasteiger partial charge in [-0.2, -0.15) is 0 Å². The van der Waals surface area contributed by atoms with Crippen LogP contribution in [0.2, 0.25) is 0 Å². The van der Waals surface area contributed by atoms with Crippen LogP contribution in [0.1, 0.15) is 38.3 Å². The van der Waals surface area contributed by atoms with E-state index in [2.05, 4.69) is 41.4 Å². The van der Waals surface area contributed by atoms with Gasteiger partial charge in [-0.25, -0.2) is 0 Å². The van der Waals surface area contributed by atoms with Crippen molar-refractivity contribution in [1.29, 1.82) is 0 Å². The predicted molar refractivity (Wildman–Crippen MR) is 93.0 cm³/mol. The van der Waals surface area contributed by atoms with Gasteiger partial charge in [0.1, 0.15) is 0 Å². The maximum absolute atomic E-state index is 11.9. The molecule has 0 aliphatic carbocycles. The van der Waals surface area contributed by atoms with E-state index < -0.39 is 0 Å². The maximum Gasteiger partial charge on any atom is 0.246 e. The predicted octanol–water partition coefficient (Wildman–Crippen LogP) is 2.88. The number of hydrogen-bond donors (Lipinski definition) is 1. The molecule has 126 valence electrons. The molecule has 1 aliphatic rings. The van der Waals surface area contributed by atoms with Crippen molar-refractivity contribution in [3.63, 3.8) is 0 Å². The van der Waals surface area contributed by atoms with Crippen LogP contribution >= 0.6 is 0 Å². The summed E-state index contributed by atoms with van der Waals surface area (Å²) >= 11 is 0. The minimum Gasteiger partial charge on any atom is -0.376 e. The number of rotatable bonds is 6. The van der Waals surface area contributed by atoms with Crippen LogP contribution in [0.3, 0.4) is 0 Å². The smallest absolute Gasteiger partial charge is 0.246 e. The van der Waals surface area contributed by atoms with Crippen LogP contribution < -0.4 is 5.32 Å². The summed E-state index contributed by atoms with van der Waals surface area (Å²) in [5.74, 6) is 0.0132. The Hall–Kier alpha value is -1.65. The standard InChI is InChI=1S/C19H28N2O2/c1-4-6-15(2)19(22)20-12-17-7-5-8-18(11-17)14-21-9-10-23-16(3)13-21/h5-8,11,16H,4,9-10,12-14H2,1-3H3,(H,20,22). The van der Waals surface area contributed by atoms with Crippen LogP contribution in [0, 0.1) is 0 Å². The molecular weight excluding hydrogens is 288 g/mol. The van der Waals surface area contributed by atoms with Crippen molar-refractivity contribution in [3.05, 3.63) is 47.0 Å². The Morgan fingerprint density at radius 3 is 2.96 bits per heavy atom. The van der Waals surface area contributed by atoms with E-state index in [0.717, 1.165) is 43.8 Å². The number of allylic oxidation sites excluding steroid dienone is 1. The van der Waals surface area contributed by atoms with E-state index in [1.807, 2.05) is 19.9 Å². The van der Waals surface area contributed by atoms with Crippen LogP contribution in [0.15, 0.2) is 35.9 Å². The van der Waals surface area contributed by atoms with Gasteiger partial charge in [0.2, 0.25) is 5.91 Å². The van der Waals surface area contributed by atoms with Crippen molar-refractivity contribution in [1.82, 2.24) is 10.2 Å². The average Bonchev–Trinajstić information content (AvgIpc) is 2.53. The lowest BCUT2D eigenvalue weighted by Gasteiger charge is -2.31. The van der Waals surface area contributed by atoms with Crippen molar-refractivity contribution >= 4 is 5.91 Å². The van der Waals surface area contributed by atoms with Gasteiger partial charge in [-0.3, -0.25) is 9.69 Å². The van der Waals surface area contributed by atoms with Crippen LogP contribution in [-0.4, -0.2) is 36.6 Å². The van der Waals surface area contributed by atoms with E-state index in [1.54, 1.807) is 0 Å². The maximum atomic E-state index is 11.9. The summed E-state index contributed by atoms with van der Waals surface area (Å²) in [6.07, 6.45) is 3.14. The molecule has 0 radical (unpaired) electrons. The number of morpholine rings is 1. The first-order valence-electron chi connectivity index (χ1n) is 8.45. The van der Waals surface area contributed by atoms with Gasteiger partial charge in [0.05, 0.1) is 12.7 Å². The number of carbonyl (C=O) groups excluding carboxylic acids is 1. The lowest BCUT2D eigenvalue weighted by molar-refractivity contribution is -0.117. The van der Waals surface area contributed by atoms with Crippen molar-refractivity contribution in [2.45, 2.75) is 46.4 Å². The highest BCUT2D eigenvalue weighted by atomic mass is 16.5.